The Morgan fingerprint density at radius 3 is 2.28 bits per heavy atom. The lowest BCUT2D eigenvalue weighted by Gasteiger charge is -2.30. The summed E-state index contributed by atoms with van der Waals surface area (Å²) in [6.07, 6.45) is 0.967. The molecule has 0 fully saturated rings. The maximum absolute atomic E-state index is 12.9. The smallest absolute Gasteiger partial charge is 0.269 e. The zero-order valence-corrected chi connectivity index (χ0v) is 14.7. The molecule has 0 amide bonds. The molecule has 0 bridgehead atoms. The Labute approximate surface area is 149 Å². The number of benzene rings is 1. The van der Waals surface area contributed by atoms with Gasteiger partial charge in [-0.2, -0.15) is 0 Å². The van der Waals surface area contributed by atoms with Crippen molar-refractivity contribution in [1.29, 1.82) is 0 Å². The molecular weight excluding hydrogens is 340 g/mol. The van der Waals surface area contributed by atoms with Gasteiger partial charge in [0.05, 0.1) is 5.70 Å². The van der Waals surface area contributed by atoms with Gasteiger partial charge in [-0.25, -0.2) is 9.36 Å². The van der Waals surface area contributed by atoms with Crippen molar-refractivity contribution in [3.05, 3.63) is 73.3 Å². The highest BCUT2D eigenvalue weighted by molar-refractivity contribution is 6.30. The molecule has 4 rings (SSSR count). The highest BCUT2D eigenvalue weighted by Gasteiger charge is 2.43. The van der Waals surface area contributed by atoms with Crippen LogP contribution in [0.3, 0.4) is 0 Å². The third kappa shape index (κ3) is 2.42. The van der Waals surface area contributed by atoms with Crippen molar-refractivity contribution in [1.82, 2.24) is 9.36 Å². The van der Waals surface area contributed by atoms with Gasteiger partial charge in [0.1, 0.15) is 6.04 Å². The Balaban J connectivity index is 2.05. The topological polar surface area (TPSA) is 61.1 Å². The minimum absolute atomic E-state index is 0.0128. The van der Waals surface area contributed by atoms with Crippen LogP contribution in [0.25, 0.3) is 5.70 Å². The molecule has 1 aliphatic carbocycles. The van der Waals surface area contributed by atoms with Crippen molar-refractivity contribution in [2.24, 2.45) is 5.41 Å². The van der Waals surface area contributed by atoms with Crippen LogP contribution in [0.2, 0.25) is 5.02 Å². The van der Waals surface area contributed by atoms with Crippen LogP contribution in [0.5, 0.6) is 0 Å². The zero-order valence-electron chi connectivity index (χ0n) is 14.0. The van der Waals surface area contributed by atoms with E-state index in [4.69, 9.17) is 11.6 Å². The predicted molar refractivity (Wildman–Crippen MR) is 95.8 cm³/mol. The predicted octanol–water partition coefficient (Wildman–Crippen LogP) is 2.87. The number of carbonyl (C=O) groups is 1. The number of carbonyl (C=O) groups excluding carboxylic acids is 1. The molecule has 2 aromatic rings. The molecule has 25 heavy (non-hydrogen) atoms. The van der Waals surface area contributed by atoms with Crippen LogP contribution >= 0.6 is 11.6 Å². The standard InChI is InChI=1S/C19H17ClN2O3/c1-19(2)9-13-17(14(23)10-19)18(11-3-5-12(20)6-4-11)22-16(25)8-7-15(24)21(13)22/h3-8,18H,9-10H2,1-2H3. The number of ketones is 1. The summed E-state index contributed by atoms with van der Waals surface area (Å²) < 4.78 is 2.78. The third-order valence-electron chi connectivity index (χ3n) is 4.87. The summed E-state index contributed by atoms with van der Waals surface area (Å²) in [5.41, 5.74) is 1.11. The lowest BCUT2D eigenvalue weighted by molar-refractivity contribution is -0.118. The second-order valence-corrected chi connectivity index (χ2v) is 7.86. The fourth-order valence-corrected chi connectivity index (χ4v) is 4.00. The van der Waals surface area contributed by atoms with E-state index in [2.05, 4.69) is 0 Å². The van der Waals surface area contributed by atoms with Crippen molar-refractivity contribution < 1.29 is 4.79 Å². The summed E-state index contributed by atoms with van der Waals surface area (Å²) in [7, 11) is 0. The van der Waals surface area contributed by atoms with Crippen LogP contribution < -0.4 is 11.1 Å². The molecule has 0 saturated carbocycles. The van der Waals surface area contributed by atoms with Gasteiger partial charge in [-0.3, -0.25) is 14.4 Å². The molecule has 1 unspecified atom stereocenters. The molecule has 6 heteroatoms. The van der Waals surface area contributed by atoms with Crippen molar-refractivity contribution in [2.75, 3.05) is 0 Å². The molecule has 1 aliphatic heterocycles. The average molecular weight is 357 g/mol. The van der Waals surface area contributed by atoms with E-state index in [0.29, 0.717) is 29.1 Å². The van der Waals surface area contributed by atoms with Gasteiger partial charge >= 0.3 is 0 Å². The summed E-state index contributed by atoms with van der Waals surface area (Å²) in [4.78, 5) is 38.0. The van der Waals surface area contributed by atoms with Gasteiger partial charge < -0.3 is 0 Å². The summed E-state index contributed by atoms with van der Waals surface area (Å²) in [6.45, 7) is 4.00. The van der Waals surface area contributed by atoms with Crippen molar-refractivity contribution in [3.63, 3.8) is 0 Å². The Hall–Kier alpha value is -2.40. The van der Waals surface area contributed by atoms with E-state index >= 15 is 0 Å². The van der Waals surface area contributed by atoms with Crippen LogP contribution in [0.1, 0.15) is 38.3 Å². The van der Waals surface area contributed by atoms with Crippen molar-refractivity contribution >= 4 is 23.1 Å². The Morgan fingerprint density at radius 2 is 1.60 bits per heavy atom. The van der Waals surface area contributed by atoms with Gasteiger partial charge in [0.25, 0.3) is 11.1 Å². The van der Waals surface area contributed by atoms with E-state index in [-0.39, 0.29) is 22.3 Å². The van der Waals surface area contributed by atoms with Crippen molar-refractivity contribution in [3.8, 4) is 0 Å². The maximum atomic E-state index is 12.9. The molecule has 0 N–H and O–H groups in total. The molecule has 0 spiro atoms. The molecule has 5 nitrogen and oxygen atoms in total. The number of hydrogen-bond acceptors (Lipinski definition) is 3. The van der Waals surface area contributed by atoms with Crippen molar-refractivity contribution in [2.45, 2.75) is 32.7 Å². The number of rotatable bonds is 1. The number of nitrogens with zero attached hydrogens (tertiary/aromatic N) is 2. The molecule has 2 aliphatic rings. The van der Waals surface area contributed by atoms with Gasteiger partial charge in [-0.1, -0.05) is 37.6 Å². The summed E-state index contributed by atoms with van der Waals surface area (Å²) >= 11 is 5.98. The number of hydrogen-bond donors (Lipinski definition) is 0. The Morgan fingerprint density at radius 1 is 0.960 bits per heavy atom. The summed E-state index contributed by atoms with van der Waals surface area (Å²) in [5, 5.41) is 0.574. The molecule has 0 radical (unpaired) electrons. The number of aromatic nitrogens is 2. The average Bonchev–Trinajstić information content (AvgIpc) is 2.87. The van der Waals surface area contributed by atoms with Crippen LogP contribution in [0.15, 0.2) is 51.6 Å². The van der Waals surface area contributed by atoms with Crippen LogP contribution in [0.4, 0.5) is 0 Å². The largest absolute Gasteiger partial charge is 0.294 e. The number of halogens is 1. The lowest BCUT2D eigenvalue weighted by atomic mass is 9.74. The number of fused-ring (bicyclic) bond motifs is 2. The van der Waals surface area contributed by atoms with Crippen LogP contribution in [0, 0.1) is 5.41 Å². The lowest BCUT2D eigenvalue weighted by Crippen LogP contribution is -2.36. The second-order valence-electron chi connectivity index (χ2n) is 7.42. The Bertz CT molecular complexity index is 1040. The van der Waals surface area contributed by atoms with Gasteiger partial charge in [-0.05, 0) is 29.5 Å². The van der Waals surface area contributed by atoms with E-state index in [9.17, 15) is 14.4 Å². The first-order chi connectivity index (χ1) is 11.8. The SMILES string of the molecule is CC1(C)CC(=O)C2=C(C1)n1c(=O)ccc(=O)n1C2c1ccc(Cl)cc1. The minimum Gasteiger partial charge on any atom is -0.294 e. The normalized spacial score (nSPS) is 21.2. The van der Waals surface area contributed by atoms with E-state index in [1.807, 2.05) is 13.8 Å². The fourth-order valence-electron chi connectivity index (χ4n) is 3.88. The molecule has 1 atom stereocenters. The summed E-state index contributed by atoms with van der Waals surface area (Å²) in [5.74, 6) is -0.0128. The van der Waals surface area contributed by atoms with E-state index in [0.717, 1.165) is 5.56 Å². The van der Waals surface area contributed by atoms with Gasteiger partial charge in [-0.15, -0.1) is 0 Å². The molecule has 0 saturated heterocycles. The number of allylic oxidation sites excluding steroid dienone is 2. The van der Waals surface area contributed by atoms with Crippen LogP contribution in [-0.2, 0) is 4.79 Å². The first-order valence-corrected chi connectivity index (χ1v) is 8.53. The maximum Gasteiger partial charge on any atom is 0.269 e. The van der Waals surface area contributed by atoms with Gasteiger partial charge in [0.15, 0.2) is 5.78 Å². The fraction of sp³-hybridized carbons (Fsp3) is 0.316. The third-order valence-corrected chi connectivity index (χ3v) is 5.13. The molecular formula is C19H17ClN2O3. The molecule has 128 valence electrons. The van der Waals surface area contributed by atoms with Crippen LogP contribution in [-0.4, -0.2) is 15.1 Å². The zero-order chi connectivity index (χ0) is 17.9. The van der Waals surface area contributed by atoms with Gasteiger partial charge in [0.2, 0.25) is 0 Å². The van der Waals surface area contributed by atoms with E-state index in [1.54, 1.807) is 24.3 Å². The molecule has 1 aromatic heterocycles. The first-order valence-electron chi connectivity index (χ1n) is 8.15. The first kappa shape index (κ1) is 16.1. The Kier molecular flexibility index (Phi) is 3.41. The minimum atomic E-state index is -0.586. The highest BCUT2D eigenvalue weighted by Crippen LogP contribution is 2.46. The van der Waals surface area contributed by atoms with Gasteiger partial charge in [0, 0.05) is 29.1 Å². The highest BCUT2D eigenvalue weighted by atomic mass is 35.5. The van der Waals surface area contributed by atoms with E-state index < -0.39 is 6.04 Å². The quantitative estimate of drug-likeness (QED) is 0.789. The van der Waals surface area contributed by atoms with E-state index in [1.165, 1.54) is 21.5 Å². The molecule has 1 aromatic carbocycles. The monoisotopic (exact) mass is 356 g/mol. The number of Topliss-reactive ketones (excluding diaryl/α,β-unsaturated/α-hetero) is 1. The second kappa shape index (κ2) is 5.30. The molecule has 2 heterocycles. The summed E-state index contributed by atoms with van der Waals surface area (Å²) in [6, 6.07) is 8.98.